The van der Waals surface area contributed by atoms with E-state index in [1.54, 1.807) is 6.07 Å². The molecule has 1 aromatic rings. The maximum absolute atomic E-state index is 11.8. The monoisotopic (exact) mass is 269 g/mol. The Balaban J connectivity index is 3.24. The van der Waals surface area contributed by atoms with Gasteiger partial charge >= 0.3 is 0 Å². The molecule has 0 radical (unpaired) electrons. The van der Waals surface area contributed by atoms with Crippen LogP contribution in [0, 0.1) is 6.92 Å². The van der Waals surface area contributed by atoms with Crippen LogP contribution in [-0.2, 0) is 9.59 Å². The van der Waals surface area contributed by atoms with Crippen LogP contribution in [0.15, 0.2) is 18.2 Å². The van der Waals surface area contributed by atoms with E-state index in [4.69, 9.17) is 16.3 Å². The van der Waals surface area contributed by atoms with Crippen molar-refractivity contribution in [1.29, 1.82) is 0 Å². The number of halogens is 1. The van der Waals surface area contributed by atoms with Crippen LogP contribution in [0.4, 0.5) is 5.69 Å². The molecule has 0 aliphatic heterocycles. The predicted octanol–water partition coefficient (Wildman–Crippen LogP) is 2.16. The van der Waals surface area contributed by atoms with Crippen molar-refractivity contribution in [2.45, 2.75) is 13.8 Å². The lowest BCUT2D eigenvalue weighted by Crippen LogP contribution is -2.34. The number of rotatable bonds is 6. The number of benzene rings is 1. The standard InChI is InChI=1S/C13H16ClNO3/c1-3-18-11-6-4-5-10(2)13(11)15(7-8-16)12(17)9-14/h4-6,8H,3,7,9H2,1-2H3. The Bertz CT molecular complexity index is 434. The molecule has 0 bridgehead atoms. The second-order valence-electron chi connectivity index (χ2n) is 3.66. The van der Waals surface area contributed by atoms with E-state index in [0.29, 0.717) is 24.3 Å². The van der Waals surface area contributed by atoms with Crippen LogP contribution in [0.1, 0.15) is 12.5 Å². The Morgan fingerprint density at radius 3 is 2.78 bits per heavy atom. The van der Waals surface area contributed by atoms with E-state index in [1.807, 2.05) is 26.0 Å². The van der Waals surface area contributed by atoms with Gasteiger partial charge in [-0.25, -0.2) is 0 Å². The number of alkyl halides is 1. The van der Waals surface area contributed by atoms with Gasteiger partial charge in [0.05, 0.1) is 18.8 Å². The van der Waals surface area contributed by atoms with Crippen molar-refractivity contribution in [3.05, 3.63) is 23.8 Å². The molecule has 0 spiro atoms. The second-order valence-corrected chi connectivity index (χ2v) is 3.93. The molecule has 4 nitrogen and oxygen atoms in total. The highest BCUT2D eigenvalue weighted by Crippen LogP contribution is 2.32. The van der Waals surface area contributed by atoms with Crippen LogP contribution in [-0.4, -0.2) is 31.2 Å². The van der Waals surface area contributed by atoms with E-state index in [-0.39, 0.29) is 18.3 Å². The fourth-order valence-corrected chi connectivity index (χ4v) is 1.86. The number of para-hydroxylation sites is 1. The van der Waals surface area contributed by atoms with Crippen LogP contribution >= 0.6 is 11.6 Å². The molecule has 0 aromatic heterocycles. The van der Waals surface area contributed by atoms with E-state index in [2.05, 4.69) is 0 Å². The molecule has 1 aromatic carbocycles. The molecule has 0 atom stereocenters. The van der Waals surface area contributed by atoms with E-state index in [0.717, 1.165) is 5.56 Å². The zero-order chi connectivity index (χ0) is 13.5. The highest BCUT2D eigenvalue weighted by Gasteiger charge is 2.20. The summed E-state index contributed by atoms with van der Waals surface area (Å²) < 4.78 is 5.49. The number of ether oxygens (including phenoxy) is 1. The smallest absolute Gasteiger partial charge is 0.242 e. The highest BCUT2D eigenvalue weighted by atomic mass is 35.5. The van der Waals surface area contributed by atoms with Crippen molar-refractivity contribution in [3.8, 4) is 5.75 Å². The second kappa shape index (κ2) is 7.01. The van der Waals surface area contributed by atoms with Gasteiger partial charge in [0.15, 0.2) is 0 Å². The SMILES string of the molecule is CCOc1cccc(C)c1N(CC=O)C(=O)CCl. The van der Waals surface area contributed by atoms with Crippen molar-refractivity contribution in [2.24, 2.45) is 0 Å². The molecule has 0 saturated carbocycles. The summed E-state index contributed by atoms with van der Waals surface area (Å²) in [6.07, 6.45) is 0.673. The van der Waals surface area contributed by atoms with Crippen molar-refractivity contribution >= 4 is 29.5 Å². The minimum atomic E-state index is -0.320. The molecule has 0 unspecified atom stereocenters. The summed E-state index contributed by atoms with van der Waals surface area (Å²) in [7, 11) is 0. The van der Waals surface area contributed by atoms with E-state index in [9.17, 15) is 9.59 Å². The van der Waals surface area contributed by atoms with Crippen molar-refractivity contribution < 1.29 is 14.3 Å². The molecule has 5 heteroatoms. The zero-order valence-corrected chi connectivity index (χ0v) is 11.2. The van der Waals surface area contributed by atoms with Crippen LogP contribution in [0.2, 0.25) is 0 Å². The lowest BCUT2D eigenvalue weighted by atomic mass is 10.1. The third-order valence-electron chi connectivity index (χ3n) is 2.44. The van der Waals surface area contributed by atoms with Crippen LogP contribution in [0.25, 0.3) is 0 Å². The van der Waals surface area contributed by atoms with Gasteiger partial charge in [-0.05, 0) is 25.5 Å². The largest absolute Gasteiger partial charge is 0.492 e. The fourth-order valence-electron chi connectivity index (χ4n) is 1.71. The van der Waals surface area contributed by atoms with Gasteiger partial charge in [0.25, 0.3) is 0 Å². The van der Waals surface area contributed by atoms with Gasteiger partial charge < -0.3 is 14.4 Å². The molecule has 0 N–H and O–H groups in total. The summed E-state index contributed by atoms with van der Waals surface area (Å²) in [5.41, 5.74) is 1.47. The van der Waals surface area contributed by atoms with Gasteiger partial charge in [0.1, 0.15) is 17.9 Å². The van der Waals surface area contributed by atoms with Gasteiger partial charge in [-0.15, -0.1) is 11.6 Å². The first-order chi connectivity index (χ1) is 8.65. The number of carbonyl (C=O) groups is 2. The van der Waals surface area contributed by atoms with E-state index >= 15 is 0 Å². The first-order valence-electron chi connectivity index (χ1n) is 5.68. The summed E-state index contributed by atoms with van der Waals surface area (Å²) in [5.74, 6) is 0.0881. The van der Waals surface area contributed by atoms with E-state index in [1.165, 1.54) is 4.90 Å². The Kier molecular flexibility index (Phi) is 5.65. The highest BCUT2D eigenvalue weighted by molar-refractivity contribution is 6.29. The average Bonchev–Trinajstić information content (AvgIpc) is 2.37. The van der Waals surface area contributed by atoms with Gasteiger partial charge in [-0.3, -0.25) is 4.79 Å². The van der Waals surface area contributed by atoms with Gasteiger partial charge in [-0.2, -0.15) is 0 Å². The Morgan fingerprint density at radius 2 is 2.22 bits per heavy atom. The molecule has 1 rings (SSSR count). The summed E-state index contributed by atoms with van der Waals surface area (Å²) >= 11 is 5.57. The Labute approximate surface area is 111 Å². The number of aryl methyl sites for hydroxylation is 1. The molecule has 18 heavy (non-hydrogen) atoms. The molecule has 1 amide bonds. The molecule has 0 aliphatic carbocycles. The Hall–Kier alpha value is -1.55. The molecule has 0 heterocycles. The summed E-state index contributed by atoms with van der Waals surface area (Å²) in [6.45, 7) is 4.17. The van der Waals surface area contributed by atoms with Gasteiger partial charge in [0.2, 0.25) is 5.91 Å². The first-order valence-corrected chi connectivity index (χ1v) is 6.21. The zero-order valence-electron chi connectivity index (χ0n) is 10.5. The number of hydrogen-bond donors (Lipinski definition) is 0. The number of carbonyl (C=O) groups excluding carboxylic acids is 2. The molecular formula is C13H16ClNO3. The molecule has 0 saturated heterocycles. The molecule has 98 valence electrons. The number of nitrogens with zero attached hydrogens (tertiary/aromatic N) is 1. The summed E-state index contributed by atoms with van der Waals surface area (Å²) in [6, 6.07) is 5.47. The minimum absolute atomic E-state index is 0.0313. The summed E-state index contributed by atoms with van der Waals surface area (Å²) in [4.78, 5) is 23.8. The Morgan fingerprint density at radius 1 is 1.50 bits per heavy atom. The fraction of sp³-hybridized carbons (Fsp3) is 0.385. The number of hydrogen-bond acceptors (Lipinski definition) is 3. The minimum Gasteiger partial charge on any atom is -0.492 e. The van der Waals surface area contributed by atoms with Crippen molar-refractivity contribution in [2.75, 3.05) is 23.9 Å². The van der Waals surface area contributed by atoms with Gasteiger partial charge in [-0.1, -0.05) is 12.1 Å². The maximum atomic E-state index is 11.8. The average molecular weight is 270 g/mol. The number of anilines is 1. The first kappa shape index (κ1) is 14.5. The third-order valence-corrected chi connectivity index (χ3v) is 2.67. The quantitative estimate of drug-likeness (QED) is 0.587. The van der Waals surface area contributed by atoms with Gasteiger partial charge in [0, 0.05) is 0 Å². The summed E-state index contributed by atoms with van der Waals surface area (Å²) in [5, 5.41) is 0. The lowest BCUT2D eigenvalue weighted by Gasteiger charge is -2.24. The third kappa shape index (κ3) is 3.23. The lowest BCUT2D eigenvalue weighted by molar-refractivity contribution is -0.117. The van der Waals surface area contributed by atoms with Crippen LogP contribution < -0.4 is 9.64 Å². The molecule has 0 fully saturated rings. The number of aldehydes is 1. The topological polar surface area (TPSA) is 46.6 Å². The number of amides is 1. The van der Waals surface area contributed by atoms with E-state index < -0.39 is 0 Å². The van der Waals surface area contributed by atoms with Crippen molar-refractivity contribution in [3.63, 3.8) is 0 Å². The predicted molar refractivity (Wildman–Crippen MR) is 71.5 cm³/mol. The maximum Gasteiger partial charge on any atom is 0.242 e. The van der Waals surface area contributed by atoms with Crippen LogP contribution in [0.3, 0.4) is 0 Å². The molecule has 0 aliphatic rings. The molecular weight excluding hydrogens is 254 g/mol. The van der Waals surface area contributed by atoms with Crippen molar-refractivity contribution in [1.82, 2.24) is 0 Å². The van der Waals surface area contributed by atoms with Crippen LogP contribution in [0.5, 0.6) is 5.75 Å². The normalized spacial score (nSPS) is 9.94.